The van der Waals surface area contributed by atoms with E-state index in [1.807, 2.05) is 42.7 Å². The van der Waals surface area contributed by atoms with Crippen molar-refractivity contribution in [1.82, 2.24) is 9.97 Å². The summed E-state index contributed by atoms with van der Waals surface area (Å²) in [4.78, 5) is 8.97. The zero-order valence-electron chi connectivity index (χ0n) is 12.5. The van der Waals surface area contributed by atoms with Crippen LogP contribution < -0.4 is 5.32 Å². The number of benzene rings is 1. The van der Waals surface area contributed by atoms with Crippen LogP contribution in [-0.4, -0.2) is 16.0 Å². The topological polar surface area (TPSA) is 37.8 Å². The van der Waals surface area contributed by atoms with E-state index < -0.39 is 0 Å². The molecule has 1 saturated carbocycles. The quantitative estimate of drug-likeness (QED) is 0.888. The Kier molecular flexibility index (Phi) is 4.82. The molecule has 1 N–H and O–H groups in total. The second-order valence-corrected chi connectivity index (χ2v) is 5.85. The summed E-state index contributed by atoms with van der Waals surface area (Å²) < 4.78 is 0. The molecule has 1 aromatic heterocycles. The molecule has 0 atom stereocenters. The summed E-state index contributed by atoms with van der Waals surface area (Å²) in [7, 11) is 0. The molecule has 0 amide bonds. The molecule has 0 saturated heterocycles. The van der Waals surface area contributed by atoms with Crippen LogP contribution in [0.2, 0.25) is 0 Å². The molecule has 1 fully saturated rings. The minimum absolute atomic E-state index is 0.580. The molecular weight excluding hydrogens is 258 g/mol. The van der Waals surface area contributed by atoms with Crippen molar-refractivity contribution in [2.75, 3.05) is 5.32 Å². The van der Waals surface area contributed by atoms with E-state index in [0.717, 1.165) is 17.1 Å². The monoisotopic (exact) mass is 281 g/mol. The van der Waals surface area contributed by atoms with Crippen LogP contribution in [0.1, 0.15) is 44.9 Å². The van der Waals surface area contributed by atoms with Gasteiger partial charge in [0.05, 0.1) is 18.1 Å². The standard InChI is InChI=1S/C18H23N3/c1-2-7-11-16(12-8-3-1)21-17-13-19-18(20-14-17)15-9-5-4-6-10-15/h4-6,9-10,13-14,16,21H,1-3,7-8,11-12H2. The first-order chi connectivity index (χ1) is 10.4. The van der Waals surface area contributed by atoms with Crippen LogP contribution in [0.3, 0.4) is 0 Å². The number of anilines is 1. The first-order valence-corrected chi connectivity index (χ1v) is 8.06. The molecule has 2 aromatic rings. The Hall–Kier alpha value is -1.90. The molecule has 0 aliphatic heterocycles. The molecule has 110 valence electrons. The molecule has 1 aliphatic carbocycles. The number of nitrogens with zero attached hydrogens (tertiary/aromatic N) is 2. The van der Waals surface area contributed by atoms with E-state index in [4.69, 9.17) is 0 Å². The number of hydrogen-bond acceptors (Lipinski definition) is 3. The van der Waals surface area contributed by atoms with E-state index in [9.17, 15) is 0 Å². The molecular formula is C18H23N3. The van der Waals surface area contributed by atoms with Gasteiger partial charge in [-0.05, 0) is 12.8 Å². The molecule has 1 aliphatic rings. The average molecular weight is 281 g/mol. The first kappa shape index (κ1) is 14.1. The minimum Gasteiger partial charge on any atom is -0.380 e. The predicted molar refractivity (Wildman–Crippen MR) is 87.2 cm³/mol. The van der Waals surface area contributed by atoms with Gasteiger partial charge < -0.3 is 5.32 Å². The molecule has 21 heavy (non-hydrogen) atoms. The maximum absolute atomic E-state index is 4.48. The zero-order valence-corrected chi connectivity index (χ0v) is 12.5. The van der Waals surface area contributed by atoms with Gasteiger partial charge in [0.15, 0.2) is 5.82 Å². The second kappa shape index (κ2) is 7.21. The van der Waals surface area contributed by atoms with Gasteiger partial charge in [-0.1, -0.05) is 62.4 Å². The molecule has 0 radical (unpaired) electrons. The summed E-state index contributed by atoms with van der Waals surface area (Å²) in [5, 5.41) is 3.60. The van der Waals surface area contributed by atoms with Gasteiger partial charge in [-0.25, -0.2) is 9.97 Å². The van der Waals surface area contributed by atoms with Crippen LogP contribution in [-0.2, 0) is 0 Å². The van der Waals surface area contributed by atoms with Crippen molar-refractivity contribution in [1.29, 1.82) is 0 Å². The van der Waals surface area contributed by atoms with Crippen molar-refractivity contribution >= 4 is 5.69 Å². The van der Waals surface area contributed by atoms with Gasteiger partial charge in [0, 0.05) is 11.6 Å². The Morgan fingerprint density at radius 1 is 0.810 bits per heavy atom. The Morgan fingerprint density at radius 3 is 2.10 bits per heavy atom. The first-order valence-electron chi connectivity index (χ1n) is 8.06. The fraction of sp³-hybridized carbons (Fsp3) is 0.444. The normalized spacial score (nSPS) is 17.0. The number of aromatic nitrogens is 2. The number of rotatable bonds is 3. The van der Waals surface area contributed by atoms with Gasteiger partial charge in [-0.15, -0.1) is 0 Å². The Bertz CT molecular complexity index is 528. The predicted octanol–water partition coefficient (Wildman–Crippen LogP) is 4.67. The average Bonchev–Trinajstić information content (AvgIpc) is 2.51. The van der Waals surface area contributed by atoms with E-state index in [1.54, 1.807) is 0 Å². The summed E-state index contributed by atoms with van der Waals surface area (Å²) >= 11 is 0. The SMILES string of the molecule is c1ccc(-c2ncc(NC3CCCCCCC3)cn2)cc1. The maximum atomic E-state index is 4.48. The Labute approximate surface area is 126 Å². The lowest BCUT2D eigenvalue weighted by Crippen LogP contribution is -2.20. The van der Waals surface area contributed by atoms with E-state index >= 15 is 0 Å². The van der Waals surface area contributed by atoms with Gasteiger partial charge in [-0.2, -0.15) is 0 Å². The highest BCUT2D eigenvalue weighted by Gasteiger charge is 2.11. The highest BCUT2D eigenvalue weighted by Crippen LogP contribution is 2.21. The van der Waals surface area contributed by atoms with Crippen molar-refractivity contribution in [3.05, 3.63) is 42.7 Å². The van der Waals surface area contributed by atoms with Gasteiger partial charge in [-0.3, -0.25) is 0 Å². The molecule has 0 spiro atoms. The molecule has 1 heterocycles. The lowest BCUT2D eigenvalue weighted by atomic mass is 9.97. The third kappa shape index (κ3) is 4.03. The third-order valence-corrected chi connectivity index (χ3v) is 4.16. The van der Waals surface area contributed by atoms with Gasteiger partial charge in [0.1, 0.15) is 0 Å². The Morgan fingerprint density at radius 2 is 1.43 bits per heavy atom. The van der Waals surface area contributed by atoms with E-state index in [2.05, 4.69) is 15.3 Å². The zero-order chi connectivity index (χ0) is 14.3. The molecule has 0 unspecified atom stereocenters. The maximum Gasteiger partial charge on any atom is 0.159 e. The summed E-state index contributed by atoms with van der Waals surface area (Å²) in [6.07, 6.45) is 13.2. The molecule has 1 aromatic carbocycles. The van der Waals surface area contributed by atoms with Crippen molar-refractivity contribution < 1.29 is 0 Å². The highest BCUT2D eigenvalue weighted by atomic mass is 15.0. The van der Waals surface area contributed by atoms with Crippen LogP contribution in [0.15, 0.2) is 42.7 Å². The number of nitrogens with one attached hydrogen (secondary N) is 1. The Balaban J connectivity index is 1.64. The smallest absolute Gasteiger partial charge is 0.159 e. The lowest BCUT2D eigenvalue weighted by molar-refractivity contribution is 0.471. The van der Waals surface area contributed by atoms with E-state index in [0.29, 0.717) is 6.04 Å². The molecule has 3 heteroatoms. The van der Waals surface area contributed by atoms with Crippen LogP contribution in [0.25, 0.3) is 11.4 Å². The van der Waals surface area contributed by atoms with Crippen LogP contribution in [0.4, 0.5) is 5.69 Å². The summed E-state index contributed by atoms with van der Waals surface area (Å²) in [5.74, 6) is 0.791. The van der Waals surface area contributed by atoms with Crippen LogP contribution in [0.5, 0.6) is 0 Å². The van der Waals surface area contributed by atoms with Crippen molar-refractivity contribution in [2.45, 2.75) is 51.0 Å². The molecule has 3 rings (SSSR count). The molecule has 0 bridgehead atoms. The third-order valence-electron chi connectivity index (χ3n) is 4.16. The fourth-order valence-electron chi connectivity index (χ4n) is 2.98. The van der Waals surface area contributed by atoms with Gasteiger partial charge in [0.25, 0.3) is 0 Å². The lowest BCUT2D eigenvalue weighted by Gasteiger charge is -2.21. The van der Waals surface area contributed by atoms with E-state index in [-0.39, 0.29) is 0 Å². The second-order valence-electron chi connectivity index (χ2n) is 5.85. The van der Waals surface area contributed by atoms with E-state index in [1.165, 1.54) is 44.9 Å². The van der Waals surface area contributed by atoms with Gasteiger partial charge >= 0.3 is 0 Å². The van der Waals surface area contributed by atoms with Crippen LogP contribution in [0, 0.1) is 0 Å². The summed E-state index contributed by atoms with van der Waals surface area (Å²) in [5.41, 5.74) is 2.11. The number of hydrogen-bond donors (Lipinski definition) is 1. The minimum atomic E-state index is 0.580. The van der Waals surface area contributed by atoms with Gasteiger partial charge in [0.2, 0.25) is 0 Å². The molecule has 3 nitrogen and oxygen atoms in total. The van der Waals surface area contributed by atoms with Crippen molar-refractivity contribution in [3.8, 4) is 11.4 Å². The largest absolute Gasteiger partial charge is 0.380 e. The van der Waals surface area contributed by atoms with Crippen molar-refractivity contribution in [3.63, 3.8) is 0 Å². The van der Waals surface area contributed by atoms with Crippen LogP contribution >= 0.6 is 0 Å². The van der Waals surface area contributed by atoms with Crippen molar-refractivity contribution in [2.24, 2.45) is 0 Å². The summed E-state index contributed by atoms with van der Waals surface area (Å²) in [6.45, 7) is 0. The highest BCUT2D eigenvalue weighted by molar-refractivity contribution is 5.55. The fourth-order valence-corrected chi connectivity index (χ4v) is 2.98. The summed E-state index contributed by atoms with van der Waals surface area (Å²) in [6, 6.07) is 10.7.